The Kier molecular flexibility index (Phi) is 10.7. The van der Waals surface area contributed by atoms with Crippen molar-refractivity contribution in [2.75, 3.05) is 6.61 Å². The van der Waals surface area contributed by atoms with Crippen molar-refractivity contribution in [3.8, 4) is 0 Å². The average molecular weight is 239 g/mol. The molecule has 0 saturated carbocycles. The number of unbranched alkanes of at least 4 members (excludes halogenated alkanes) is 4. The van der Waals surface area contributed by atoms with Gasteiger partial charge in [-0.3, -0.25) is 9.63 Å². The molecule has 3 nitrogen and oxygen atoms in total. The van der Waals surface area contributed by atoms with Crippen molar-refractivity contribution in [1.29, 1.82) is 0 Å². The van der Waals surface area contributed by atoms with Gasteiger partial charge in [-0.1, -0.05) is 38.5 Å². The summed E-state index contributed by atoms with van der Waals surface area (Å²) in [6, 6.07) is 0. The van der Waals surface area contributed by atoms with Crippen LogP contribution in [0.4, 0.5) is 0 Å². The lowest BCUT2D eigenvalue weighted by Crippen LogP contribution is -2.24. The quantitative estimate of drug-likeness (QED) is 0.274. The van der Waals surface area contributed by atoms with Gasteiger partial charge in [0.05, 0.1) is 6.61 Å². The smallest absolute Gasteiger partial charge is 0.269 e. The lowest BCUT2D eigenvalue weighted by molar-refractivity contribution is -0.129. The Morgan fingerprint density at radius 1 is 1.24 bits per heavy atom. The molecule has 1 amide bonds. The summed E-state index contributed by atoms with van der Waals surface area (Å²) in [7, 11) is 0. The molecule has 0 aromatic carbocycles. The predicted molar refractivity (Wildman–Crippen MR) is 71.4 cm³/mol. The third kappa shape index (κ3) is 11.2. The maximum atomic E-state index is 11.0. The second-order valence-corrected chi connectivity index (χ2v) is 4.17. The van der Waals surface area contributed by atoms with Gasteiger partial charge in [0.15, 0.2) is 0 Å². The van der Waals surface area contributed by atoms with Gasteiger partial charge in [-0.15, -0.1) is 0 Å². The second kappa shape index (κ2) is 11.4. The van der Waals surface area contributed by atoms with E-state index in [2.05, 4.69) is 31.1 Å². The van der Waals surface area contributed by atoms with Crippen molar-refractivity contribution in [2.45, 2.75) is 52.4 Å². The molecular weight excluding hydrogens is 214 g/mol. The number of nitrogens with one attached hydrogen (secondary N) is 1. The summed E-state index contributed by atoms with van der Waals surface area (Å²) < 4.78 is 0. The molecule has 0 aromatic heterocycles. The fourth-order valence-electron chi connectivity index (χ4n) is 1.22. The lowest BCUT2D eigenvalue weighted by Gasteiger charge is -2.03. The van der Waals surface area contributed by atoms with Gasteiger partial charge >= 0.3 is 0 Å². The fourth-order valence-corrected chi connectivity index (χ4v) is 1.22. The summed E-state index contributed by atoms with van der Waals surface area (Å²) in [6.07, 6.45) is 11.3. The van der Waals surface area contributed by atoms with Crippen LogP contribution in [0.1, 0.15) is 52.4 Å². The molecule has 0 rings (SSSR count). The number of hydroxylamine groups is 1. The van der Waals surface area contributed by atoms with Crippen LogP contribution >= 0.6 is 0 Å². The van der Waals surface area contributed by atoms with Crippen LogP contribution in [-0.2, 0) is 9.63 Å². The highest BCUT2D eigenvalue weighted by molar-refractivity contribution is 5.91. The molecule has 0 aliphatic carbocycles. The van der Waals surface area contributed by atoms with E-state index in [1.165, 1.54) is 25.7 Å². The first-order chi connectivity index (χ1) is 8.18. The second-order valence-electron chi connectivity index (χ2n) is 4.17. The average Bonchev–Trinajstić information content (AvgIpc) is 2.31. The van der Waals surface area contributed by atoms with Crippen molar-refractivity contribution in [3.63, 3.8) is 0 Å². The molecule has 1 N–H and O–H groups in total. The van der Waals surface area contributed by atoms with Gasteiger partial charge in [0.25, 0.3) is 5.91 Å². The number of carbonyl (C=O) groups is 1. The number of carbonyl (C=O) groups excluding carboxylic acids is 1. The van der Waals surface area contributed by atoms with Gasteiger partial charge in [-0.2, -0.15) is 0 Å². The Labute approximate surface area is 105 Å². The molecule has 0 fully saturated rings. The predicted octanol–water partition coefficient (Wildman–Crippen LogP) is 3.53. The molecule has 3 heteroatoms. The van der Waals surface area contributed by atoms with E-state index in [4.69, 9.17) is 4.84 Å². The van der Waals surface area contributed by atoms with Crippen LogP contribution < -0.4 is 5.48 Å². The maximum absolute atomic E-state index is 11.0. The third-order valence-corrected chi connectivity index (χ3v) is 2.31. The van der Waals surface area contributed by atoms with E-state index < -0.39 is 0 Å². The molecule has 98 valence electrons. The highest BCUT2D eigenvalue weighted by Gasteiger charge is 1.99. The molecule has 0 heterocycles. The van der Waals surface area contributed by atoms with Crippen molar-refractivity contribution in [1.82, 2.24) is 5.48 Å². The Morgan fingerprint density at radius 3 is 2.47 bits per heavy atom. The summed E-state index contributed by atoms with van der Waals surface area (Å²) >= 11 is 0. The minimum atomic E-state index is -0.250. The lowest BCUT2D eigenvalue weighted by atomic mass is 10.2. The standard InChI is InChI=1S/C14H25NO2/c1-4-5-6-7-8-9-10-11-12-17-15-14(16)13(2)3/h8-9H,2,4-7,10-12H2,1,3H3,(H,15,16)/b9-8+. The molecule has 0 aliphatic rings. The highest BCUT2D eigenvalue weighted by atomic mass is 16.6. The van der Waals surface area contributed by atoms with Gasteiger partial charge in [0, 0.05) is 5.57 Å². The number of allylic oxidation sites excluding steroid dienone is 2. The molecular formula is C14H25NO2. The Balaban J connectivity index is 3.23. The van der Waals surface area contributed by atoms with E-state index >= 15 is 0 Å². The molecule has 0 aromatic rings. The van der Waals surface area contributed by atoms with Gasteiger partial charge in [-0.05, 0) is 32.6 Å². The van der Waals surface area contributed by atoms with Crippen LogP contribution in [0.3, 0.4) is 0 Å². The molecule has 17 heavy (non-hydrogen) atoms. The Bertz CT molecular complexity index is 247. The third-order valence-electron chi connectivity index (χ3n) is 2.31. The Morgan fingerprint density at radius 2 is 1.88 bits per heavy atom. The van der Waals surface area contributed by atoms with Crippen molar-refractivity contribution >= 4 is 5.91 Å². The SMILES string of the molecule is C=C(C)C(=O)NOCCC/C=C/CCCCC. The zero-order valence-electron chi connectivity index (χ0n) is 11.1. The van der Waals surface area contributed by atoms with E-state index in [1.807, 2.05) is 0 Å². The number of rotatable bonds is 10. The zero-order chi connectivity index (χ0) is 12.9. The van der Waals surface area contributed by atoms with Gasteiger partial charge in [0.2, 0.25) is 0 Å². The molecule has 0 bridgehead atoms. The van der Waals surface area contributed by atoms with Crippen LogP contribution in [-0.4, -0.2) is 12.5 Å². The van der Waals surface area contributed by atoms with E-state index in [9.17, 15) is 4.79 Å². The zero-order valence-corrected chi connectivity index (χ0v) is 11.1. The minimum Gasteiger partial charge on any atom is -0.273 e. The Hall–Kier alpha value is -1.09. The van der Waals surface area contributed by atoms with E-state index in [0.717, 1.165) is 12.8 Å². The van der Waals surface area contributed by atoms with E-state index in [0.29, 0.717) is 12.2 Å². The summed E-state index contributed by atoms with van der Waals surface area (Å²) in [5.41, 5.74) is 2.80. The summed E-state index contributed by atoms with van der Waals surface area (Å²) in [5.74, 6) is -0.250. The van der Waals surface area contributed by atoms with Crippen LogP contribution in [0.5, 0.6) is 0 Å². The number of hydrogen-bond donors (Lipinski definition) is 1. The minimum absolute atomic E-state index is 0.250. The normalized spacial score (nSPS) is 10.7. The van der Waals surface area contributed by atoms with Gasteiger partial charge in [0.1, 0.15) is 0 Å². The number of amides is 1. The van der Waals surface area contributed by atoms with Gasteiger partial charge < -0.3 is 0 Å². The van der Waals surface area contributed by atoms with Crippen LogP contribution in [0.15, 0.2) is 24.3 Å². The van der Waals surface area contributed by atoms with Crippen molar-refractivity contribution in [3.05, 3.63) is 24.3 Å². The van der Waals surface area contributed by atoms with Crippen molar-refractivity contribution < 1.29 is 9.63 Å². The van der Waals surface area contributed by atoms with Crippen LogP contribution in [0.2, 0.25) is 0 Å². The molecule has 0 spiro atoms. The summed E-state index contributed by atoms with van der Waals surface area (Å²) in [5, 5.41) is 0. The van der Waals surface area contributed by atoms with Crippen LogP contribution in [0.25, 0.3) is 0 Å². The highest BCUT2D eigenvalue weighted by Crippen LogP contribution is 2.01. The maximum Gasteiger partial charge on any atom is 0.269 e. The van der Waals surface area contributed by atoms with E-state index in [-0.39, 0.29) is 5.91 Å². The monoisotopic (exact) mass is 239 g/mol. The van der Waals surface area contributed by atoms with Crippen molar-refractivity contribution in [2.24, 2.45) is 0 Å². The first-order valence-corrected chi connectivity index (χ1v) is 6.41. The largest absolute Gasteiger partial charge is 0.273 e. The van der Waals surface area contributed by atoms with Gasteiger partial charge in [-0.25, -0.2) is 5.48 Å². The molecule has 0 radical (unpaired) electrons. The topological polar surface area (TPSA) is 38.3 Å². The molecule has 0 saturated heterocycles. The molecule has 0 aliphatic heterocycles. The number of hydrogen-bond acceptors (Lipinski definition) is 2. The van der Waals surface area contributed by atoms with Crippen LogP contribution in [0, 0.1) is 0 Å². The molecule has 0 atom stereocenters. The summed E-state index contributed by atoms with van der Waals surface area (Å²) in [6.45, 7) is 7.91. The summed E-state index contributed by atoms with van der Waals surface area (Å²) in [4.78, 5) is 16.0. The molecule has 0 unspecified atom stereocenters. The first kappa shape index (κ1) is 15.9. The van der Waals surface area contributed by atoms with E-state index in [1.54, 1.807) is 6.92 Å². The fraction of sp³-hybridized carbons (Fsp3) is 0.643. The first-order valence-electron chi connectivity index (χ1n) is 6.41.